The first-order chi connectivity index (χ1) is 10.0. The topological polar surface area (TPSA) is 82.2 Å². The van der Waals surface area contributed by atoms with E-state index in [4.69, 9.17) is 22.5 Å². The van der Waals surface area contributed by atoms with E-state index in [1.807, 2.05) is 16.7 Å². The Hall–Kier alpha value is -1.79. The second-order valence-corrected chi connectivity index (χ2v) is 5.56. The lowest BCUT2D eigenvalue weighted by Crippen LogP contribution is -2.50. The third kappa shape index (κ3) is 3.86. The van der Waals surface area contributed by atoms with Gasteiger partial charge < -0.3 is 15.8 Å². The van der Waals surface area contributed by atoms with E-state index in [9.17, 15) is 4.79 Å². The molecule has 2 rings (SSSR count). The number of aryl methyl sites for hydroxylation is 1. The highest BCUT2D eigenvalue weighted by molar-refractivity contribution is 6.30. The fraction of sp³-hybridized carbons (Fsp3) is 0.429. The van der Waals surface area contributed by atoms with E-state index < -0.39 is 0 Å². The first-order valence-electron chi connectivity index (χ1n) is 6.75. The standard InChI is InChI=1S/C14H19ClN4O2/c1-10-8-11(15)2-3-12(10)14(20)19-6-4-18(5-7-19)9-13(16)17-21/h2-3,8,21H,4-7,9H2,1H3,(H2,16,17). The van der Waals surface area contributed by atoms with Crippen LogP contribution in [0, 0.1) is 6.92 Å². The Labute approximate surface area is 128 Å². The van der Waals surface area contributed by atoms with Crippen molar-refractivity contribution in [3.05, 3.63) is 34.3 Å². The van der Waals surface area contributed by atoms with Gasteiger partial charge in [-0.2, -0.15) is 0 Å². The third-order valence-corrected chi connectivity index (χ3v) is 3.83. The lowest BCUT2D eigenvalue weighted by molar-refractivity contribution is 0.0652. The Morgan fingerprint density at radius 1 is 1.38 bits per heavy atom. The van der Waals surface area contributed by atoms with E-state index in [2.05, 4.69) is 5.16 Å². The monoisotopic (exact) mass is 310 g/mol. The second kappa shape index (κ2) is 6.78. The highest BCUT2D eigenvalue weighted by Crippen LogP contribution is 2.17. The summed E-state index contributed by atoms with van der Waals surface area (Å²) in [5.41, 5.74) is 7.05. The molecule has 0 atom stereocenters. The van der Waals surface area contributed by atoms with Crippen molar-refractivity contribution in [2.75, 3.05) is 32.7 Å². The summed E-state index contributed by atoms with van der Waals surface area (Å²) in [7, 11) is 0. The highest BCUT2D eigenvalue weighted by Gasteiger charge is 2.23. The number of hydrogen-bond acceptors (Lipinski definition) is 4. The molecule has 1 saturated heterocycles. The van der Waals surface area contributed by atoms with Gasteiger partial charge in [-0.1, -0.05) is 16.8 Å². The van der Waals surface area contributed by atoms with Crippen LogP contribution < -0.4 is 5.73 Å². The number of carbonyl (C=O) groups is 1. The summed E-state index contributed by atoms with van der Waals surface area (Å²) in [5, 5.41) is 12.2. The van der Waals surface area contributed by atoms with Gasteiger partial charge in [0.2, 0.25) is 0 Å². The summed E-state index contributed by atoms with van der Waals surface area (Å²) >= 11 is 5.91. The molecule has 21 heavy (non-hydrogen) atoms. The van der Waals surface area contributed by atoms with Crippen LogP contribution >= 0.6 is 11.6 Å². The molecule has 1 aliphatic heterocycles. The largest absolute Gasteiger partial charge is 0.409 e. The highest BCUT2D eigenvalue weighted by atomic mass is 35.5. The van der Waals surface area contributed by atoms with Crippen molar-refractivity contribution in [2.24, 2.45) is 10.9 Å². The fourth-order valence-electron chi connectivity index (χ4n) is 2.41. The molecule has 1 heterocycles. The number of piperazine rings is 1. The maximum atomic E-state index is 12.5. The van der Waals surface area contributed by atoms with Gasteiger partial charge in [-0.3, -0.25) is 9.69 Å². The molecule has 0 aromatic heterocycles. The third-order valence-electron chi connectivity index (χ3n) is 3.59. The number of hydrogen-bond donors (Lipinski definition) is 2. The molecule has 0 aliphatic carbocycles. The molecular weight excluding hydrogens is 292 g/mol. The number of carbonyl (C=O) groups excluding carboxylic acids is 1. The Balaban J connectivity index is 1.97. The number of oxime groups is 1. The number of amides is 1. The van der Waals surface area contributed by atoms with Crippen molar-refractivity contribution in [2.45, 2.75) is 6.92 Å². The number of benzene rings is 1. The summed E-state index contributed by atoms with van der Waals surface area (Å²) in [5.74, 6) is 0.205. The molecule has 1 amide bonds. The zero-order valence-electron chi connectivity index (χ0n) is 11.9. The van der Waals surface area contributed by atoms with Gasteiger partial charge >= 0.3 is 0 Å². The van der Waals surface area contributed by atoms with Crippen LogP contribution in [0.4, 0.5) is 0 Å². The number of nitrogens with zero attached hydrogens (tertiary/aromatic N) is 3. The SMILES string of the molecule is Cc1cc(Cl)ccc1C(=O)N1CCN(C/C(N)=N/O)CC1. The second-order valence-electron chi connectivity index (χ2n) is 5.12. The average Bonchev–Trinajstić information content (AvgIpc) is 2.47. The first-order valence-corrected chi connectivity index (χ1v) is 7.13. The van der Waals surface area contributed by atoms with Crippen molar-refractivity contribution in [1.29, 1.82) is 0 Å². The zero-order chi connectivity index (χ0) is 15.4. The molecule has 0 bridgehead atoms. The van der Waals surface area contributed by atoms with Crippen LogP contribution in [-0.4, -0.2) is 59.5 Å². The van der Waals surface area contributed by atoms with Crippen molar-refractivity contribution in [3.8, 4) is 0 Å². The Bertz CT molecular complexity index is 554. The van der Waals surface area contributed by atoms with Gasteiger partial charge in [-0.15, -0.1) is 0 Å². The molecule has 0 unspecified atom stereocenters. The van der Waals surface area contributed by atoms with Crippen molar-refractivity contribution in [1.82, 2.24) is 9.80 Å². The van der Waals surface area contributed by atoms with Gasteiger partial charge in [0.1, 0.15) is 0 Å². The lowest BCUT2D eigenvalue weighted by Gasteiger charge is -2.34. The van der Waals surface area contributed by atoms with Crippen LogP contribution in [-0.2, 0) is 0 Å². The molecule has 1 aromatic carbocycles. The Morgan fingerprint density at radius 3 is 2.62 bits per heavy atom. The van der Waals surface area contributed by atoms with Crippen LogP contribution in [0.3, 0.4) is 0 Å². The van der Waals surface area contributed by atoms with Gasteiger partial charge in [-0.25, -0.2) is 0 Å². The number of rotatable bonds is 3. The van der Waals surface area contributed by atoms with Crippen molar-refractivity contribution < 1.29 is 10.0 Å². The first kappa shape index (κ1) is 15.6. The zero-order valence-corrected chi connectivity index (χ0v) is 12.7. The van der Waals surface area contributed by atoms with Crippen LogP contribution in [0.1, 0.15) is 15.9 Å². The van der Waals surface area contributed by atoms with Crippen LogP contribution in [0.2, 0.25) is 5.02 Å². The van der Waals surface area contributed by atoms with E-state index in [1.165, 1.54) is 0 Å². The Kier molecular flexibility index (Phi) is 5.03. The van der Waals surface area contributed by atoms with Gasteiger partial charge in [0.05, 0.1) is 6.54 Å². The summed E-state index contributed by atoms with van der Waals surface area (Å²) in [6.07, 6.45) is 0. The number of halogens is 1. The molecule has 1 aliphatic rings. The molecule has 0 radical (unpaired) electrons. The van der Waals surface area contributed by atoms with E-state index in [0.29, 0.717) is 43.3 Å². The van der Waals surface area contributed by atoms with Gasteiger partial charge in [0, 0.05) is 36.8 Å². The summed E-state index contributed by atoms with van der Waals surface area (Å²) < 4.78 is 0. The molecule has 114 valence electrons. The molecule has 0 spiro atoms. The minimum Gasteiger partial charge on any atom is -0.409 e. The van der Waals surface area contributed by atoms with Crippen LogP contribution in [0.15, 0.2) is 23.4 Å². The van der Waals surface area contributed by atoms with E-state index in [-0.39, 0.29) is 11.7 Å². The van der Waals surface area contributed by atoms with E-state index in [1.54, 1.807) is 18.2 Å². The molecule has 1 fully saturated rings. The van der Waals surface area contributed by atoms with Crippen molar-refractivity contribution >= 4 is 23.3 Å². The summed E-state index contributed by atoms with van der Waals surface area (Å²) in [6, 6.07) is 5.29. The predicted octanol–water partition coefficient (Wildman–Crippen LogP) is 1.15. The Morgan fingerprint density at radius 2 is 2.05 bits per heavy atom. The summed E-state index contributed by atoms with van der Waals surface area (Å²) in [4.78, 5) is 16.4. The maximum Gasteiger partial charge on any atom is 0.254 e. The van der Waals surface area contributed by atoms with Crippen LogP contribution in [0.5, 0.6) is 0 Å². The molecule has 6 nitrogen and oxygen atoms in total. The smallest absolute Gasteiger partial charge is 0.254 e. The summed E-state index contributed by atoms with van der Waals surface area (Å²) in [6.45, 7) is 4.95. The normalized spacial score (nSPS) is 17.0. The quantitative estimate of drug-likeness (QED) is 0.380. The minimum atomic E-state index is 0.0209. The fourth-order valence-corrected chi connectivity index (χ4v) is 2.63. The van der Waals surface area contributed by atoms with E-state index in [0.717, 1.165) is 5.56 Å². The molecular formula is C14H19ClN4O2. The van der Waals surface area contributed by atoms with Crippen molar-refractivity contribution in [3.63, 3.8) is 0 Å². The molecule has 1 aromatic rings. The van der Waals surface area contributed by atoms with Gasteiger partial charge in [0.15, 0.2) is 5.84 Å². The number of amidine groups is 1. The van der Waals surface area contributed by atoms with Gasteiger partial charge in [0.25, 0.3) is 5.91 Å². The lowest BCUT2D eigenvalue weighted by atomic mass is 10.1. The number of nitrogens with two attached hydrogens (primary N) is 1. The predicted molar refractivity (Wildman–Crippen MR) is 81.9 cm³/mol. The average molecular weight is 311 g/mol. The van der Waals surface area contributed by atoms with E-state index >= 15 is 0 Å². The van der Waals surface area contributed by atoms with Crippen LogP contribution in [0.25, 0.3) is 0 Å². The minimum absolute atomic E-state index is 0.0209. The molecule has 0 saturated carbocycles. The molecule has 3 N–H and O–H groups in total. The maximum absolute atomic E-state index is 12.5. The van der Waals surface area contributed by atoms with Gasteiger partial charge in [-0.05, 0) is 30.7 Å². The molecule has 7 heteroatoms.